The molecule has 11 heteroatoms. The van der Waals surface area contributed by atoms with Crippen LogP contribution < -0.4 is 16.4 Å². The Labute approximate surface area is 248 Å². The zero-order chi connectivity index (χ0) is 30.1. The SMILES string of the molecule is CC1(C)CC(=O)C2=C(C1)N(c1ccc(S(=O)(=O)N=C(N)N)cc1)C1=C(C(=O)CC(C)(C)C1)C2c1cc(Br)ccc1O. The number of phenols is 1. The van der Waals surface area contributed by atoms with Crippen LogP contribution in [-0.4, -0.2) is 31.1 Å². The lowest BCUT2D eigenvalue weighted by Gasteiger charge is -2.49. The quantitative estimate of drug-likeness (QED) is 0.311. The van der Waals surface area contributed by atoms with Crippen molar-refractivity contribution >= 4 is 49.2 Å². The van der Waals surface area contributed by atoms with Gasteiger partial charge in [0.05, 0.1) is 4.90 Å². The zero-order valence-electron chi connectivity index (χ0n) is 23.4. The predicted octanol–water partition coefficient (Wildman–Crippen LogP) is 5.01. The summed E-state index contributed by atoms with van der Waals surface area (Å²) >= 11 is 3.49. The molecule has 2 aliphatic carbocycles. The van der Waals surface area contributed by atoms with Gasteiger partial charge in [0.15, 0.2) is 11.6 Å². The zero-order valence-corrected chi connectivity index (χ0v) is 25.8. The number of Topliss-reactive ketones (excluding diaryl/α,β-unsaturated/α-hetero) is 2. The predicted molar refractivity (Wildman–Crippen MR) is 161 cm³/mol. The Morgan fingerprint density at radius 2 is 1.41 bits per heavy atom. The molecule has 0 radical (unpaired) electrons. The number of carbonyl (C=O) groups excluding carboxylic acids is 2. The molecule has 1 aliphatic heterocycles. The van der Waals surface area contributed by atoms with Gasteiger partial charge in [-0.15, -0.1) is 4.40 Å². The van der Waals surface area contributed by atoms with E-state index in [0.717, 1.165) is 15.9 Å². The van der Waals surface area contributed by atoms with Crippen LogP contribution in [-0.2, 0) is 19.6 Å². The molecule has 0 fully saturated rings. The summed E-state index contributed by atoms with van der Waals surface area (Å²) in [6, 6.07) is 11.2. The number of benzene rings is 2. The minimum absolute atomic E-state index is 0.00917. The smallest absolute Gasteiger partial charge is 0.285 e. The van der Waals surface area contributed by atoms with Crippen LogP contribution in [0.3, 0.4) is 0 Å². The third-order valence-corrected chi connectivity index (χ3v) is 9.64. The van der Waals surface area contributed by atoms with E-state index >= 15 is 0 Å². The highest BCUT2D eigenvalue weighted by Crippen LogP contribution is 2.56. The van der Waals surface area contributed by atoms with Crippen LogP contribution in [0.2, 0.25) is 0 Å². The largest absolute Gasteiger partial charge is 0.508 e. The molecule has 0 bridgehead atoms. The molecule has 0 amide bonds. The highest BCUT2D eigenvalue weighted by Gasteiger charge is 2.49. The number of nitrogens with zero attached hydrogens (tertiary/aromatic N) is 2. The van der Waals surface area contributed by atoms with Gasteiger partial charge >= 0.3 is 0 Å². The molecule has 9 nitrogen and oxygen atoms in total. The van der Waals surface area contributed by atoms with E-state index in [1.165, 1.54) is 12.1 Å². The van der Waals surface area contributed by atoms with Gasteiger partial charge < -0.3 is 21.5 Å². The van der Waals surface area contributed by atoms with Crippen LogP contribution >= 0.6 is 15.9 Å². The molecular formula is C30H33BrN4O5S. The minimum Gasteiger partial charge on any atom is -0.508 e. The van der Waals surface area contributed by atoms with Gasteiger partial charge in [0.2, 0.25) is 5.96 Å². The molecule has 216 valence electrons. The molecule has 3 aliphatic rings. The second-order valence-corrected chi connectivity index (χ2v) is 15.1. The Bertz CT molecular complexity index is 1630. The highest BCUT2D eigenvalue weighted by atomic mass is 79.9. The van der Waals surface area contributed by atoms with Gasteiger partial charge in [0.25, 0.3) is 10.0 Å². The first kappa shape index (κ1) is 29.1. The number of ketones is 2. The second-order valence-electron chi connectivity index (χ2n) is 12.6. The fraction of sp³-hybridized carbons (Fsp3) is 0.367. The highest BCUT2D eigenvalue weighted by molar-refractivity contribution is 9.10. The second kappa shape index (κ2) is 9.84. The first-order chi connectivity index (χ1) is 19.0. The van der Waals surface area contributed by atoms with E-state index in [2.05, 4.69) is 20.3 Å². The number of carbonyl (C=O) groups is 2. The van der Waals surface area contributed by atoms with Gasteiger partial charge in [0.1, 0.15) is 5.75 Å². The molecule has 41 heavy (non-hydrogen) atoms. The Hall–Kier alpha value is -3.44. The summed E-state index contributed by atoms with van der Waals surface area (Å²) in [7, 11) is -4.11. The van der Waals surface area contributed by atoms with E-state index in [0.29, 0.717) is 48.1 Å². The van der Waals surface area contributed by atoms with Crippen molar-refractivity contribution in [1.29, 1.82) is 0 Å². The molecular weight excluding hydrogens is 608 g/mol. The Morgan fingerprint density at radius 1 is 0.902 bits per heavy atom. The van der Waals surface area contributed by atoms with Crippen LogP contribution in [0, 0.1) is 10.8 Å². The van der Waals surface area contributed by atoms with E-state index in [1.54, 1.807) is 30.3 Å². The van der Waals surface area contributed by atoms with Gasteiger partial charge in [0, 0.05) is 57.0 Å². The molecule has 2 aromatic carbocycles. The number of rotatable bonds is 4. The molecule has 0 aromatic heterocycles. The normalized spacial score (nSPS) is 20.6. The number of guanidine groups is 1. The number of anilines is 1. The van der Waals surface area contributed by atoms with Gasteiger partial charge in [-0.2, -0.15) is 8.42 Å². The molecule has 0 saturated carbocycles. The van der Waals surface area contributed by atoms with Gasteiger partial charge in [-0.25, -0.2) is 0 Å². The van der Waals surface area contributed by atoms with Crippen molar-refractivity contribution in [3.05, 3.63) is 75.0 Å². The Kier molecular flexibility index (Phi) is 6.97. The number of hydrogen-bond acceptors (Lipinski definition) is 6. The summed E-state index contributed by atoms with van der Waals surface area (Å²) in [5.41, 5.74) is 13.5. The van der Waals surface area contributed by atoms with Crippen molar-refractivity contribution in [3.63, 3.8) is 0 Å². The first-order valence-corrected chi connectivity index (χ1v) is 15.5. The first-order valence-electron chi connectivity index (χ1n) is 13.3. The van der Waals surface area contributed by atoms with Crippen molar-refractivity contribution in [1.82, 2.24) is 0 Å². The Balaban J connectivity index is 1.80. The summed E-state index contributed by atoms with van der Waals surface area (Å²) in [6.45, 7) is 8.12. The maximum atomic E-state index is 14.0. The summed E-state index contributed by atoms with van der Waals surface area (Å²) in [4.78, 5) is 29.8. The van der Waals surface area contributed by atoms with Crippen LogP contribution in [0.25, 0.3) is 0 Å². The van der Waals surface area contributed by atoms with Crippen LogP contribution in [0.1, 0.15) is 64.9 Å². The van der Waals surface area contributed by atoms with Gasteiger partial charge in [-0.1, -0.05) is 43.6 Å². The number of aromatic hydroxyl groups is 1. The third kappa shape index (κ3) is 5.32. The van der Waals surface area contributed by atoms with Crippen molar-refractivity contribution in [2.75, 3.05) is 4.90 Å². The number of allylic oxidation sites excluding steroid dienone is 4. The van der Waals surface area contributed by atoms with E-state index in [4.69, 9.17) is 11.5 Å². The van der Waals surface area contributed by atoms with Crippen LogP contribution in [0.15, 0.2) is 78.8 Å². The van der Waals surface area contributed by atoms with Crippen molar-refractivity contribution < 1.29 is 23.1 Å². The standard InChI is InChI=1S/C30H33BrN4O5S/c1-29(2)12-20-26(23(37)14-29)25(19-11-16(31)5-10-22(19)36)27-21(13-30(3,4)15-24(27)38)35(20)17-6-8-18(9-7-17)41(39,40)34-28(32)33/h5-11,25,36H,12-15H2,1-4H3,(H4,32,33,34). The monoisotopic (exact) mass is 640 g/mol. The van der Waals surface area contributed by atoms with Gasteiger partial charge in [-0.3, -0.25) is 9.59 Å². The molecule has 1 heterocycles. The van der Waals surface area contributed by atoms with E-state index in [-0.39, 0.29) is 33.0 Å². The minimum atomic E-state index is -4.11. The molecule has 0 atom stereocenters. The Morgan fingerprint density at radius 3 is 1.90 bits per heavy atom. The maximum absolute atomic E-state index is 14.0. The summed E-state index contributed by atoms with van der Waals surface area (Å²) in [6.07, 6.45) is 1.67. The summed E-state index contributed by atoms with van der Waals surface area (Å²) in [5.74, 6) is -1.44. The molecule has 5 N–H and O–H groups in total. The molecule has 0 unspecified atom stereocenters. The lowest BCUT2D eigenvalue weighted by Crippen LogP contribution is -2.44. The van der Waals surface area contributed by atoms with E-state index < -0.39 is 21.9 Å². The van der Waals surface area contributed by atoms with E-state index in [1.807, 2.05) is 32.6 Å². The number of halogens is 1. The van der Waals surface area contributed by atoms with Crippen LogP contribution in [0.5, 0.6) is 5.75 Å². The summed E-state index contributed by atoms with van der Waals surface area (Å²) in [5, 5.41) is 11.0. The van der Waals surface area contributed by atoms with E-state index in [9.17, 15) is 23.1 Å². The average molecular weight is 642 g/mol. The molecule has 0 spiro atoms. The van der Waals surface area contributed by atoms with Gasteiger partial charge in [-0.05, 0) is 66.1 Å². The number of nitrogens with two attached hydrogens (primary N) is 2. The number of hydrogen-bond donors (Lipinski definition) is 3. The fourth-order valence-corrected chi connectivity index (χ4v) is 7.54. The summed E-state index contributed by atoms with van der Waals surface area (Å²) < 4.78 is 29.3. The molecule has 2 aromatic rings. The van der Waals surface area contributed by atoms with Crippen molar-refractivity contribution in [2.24, 2.45) is 26.7 Å². The third-order valence-electron chi connectivity index (χ3n) is 7.83. The lowest BCUT2D eigenvalue weighted by atomic mass is 9.63. The molecule has 0 saturated heterocycles. The lowest BCUT2D eigenvalue weighted by molar-refractivity contribution is -0.119. The van der Waals surface area contributed by atoms with Crippen LogP contribution in [0.4, 0.5) is 5.69 Å². The van der Waals surface area contributed by atoms with Crippen molar-refractivity contribution in [2.45, 2.75) is 64.2 Å². The number of sulfonamides is 1. The fourth-order valence-electron chi connectivity index (χ4n) is 6.30. The molecule has 5 rings (SSSR count). The average Bonchev–Trinajstić information content (AvgIpc) is 2.82. The number of phenolic OH excluding ortho intramolecular Hbond substituents is 1. The van der Waals surface area contributed by atoms with Crippen molar-refractivity contribution in [3.8, 4) is 5.75 Å². The maximum Gasteiger partial charge on any atom is 0.285 e. The topological polar surface area (TPSA) is 156 Å².